The Balaban J connectivity index is 1.59. The van der Waals surface area contributed by atoms with E-state index in [1.165, 1.54) is 23.9 Å². The number of thioether (sulfide) groups is 1. The summed E-state index contributed by atoms with van der Waals surface area (Å²) in [5.41, 5.74) is 2.18. The molecule has 0 saturated carbocycles. The van der Waals surface area contributed by atoms with E-state index in [2.05, 4.69) is 15.5 Å². The van der Waals surface area contributed by atoms with Gasteiger partial charge in [-0.25, -0.2) is 0 Å². The molecule has 0 atom stereocenters. The van der Waals surface area contributed by atoms with Crippen molar-refractivity contribution in [2.75, 3.05) is 11.1 Å². The Kier molecular flexibility index (Phi) is 7.44. The van der Waals surface area contributed by atoms with Crippen molar-refractivity contribution in [3.63, 3.8) is 0 Å². The summed E-state index contributed by atoms with van der Waals surface area (Å²) in [4.78, 5) is 12.3. The molecule has 1 amide bonds. The zero-order chi connectivity index (χ0) is 23.3. The van der Waals surface area contributed by atoms with Gasteiger partial charge in [0.1, 0.15) is 12.4 Å². The summed E-state index contributed by atoms with van der Waals surface area (Å²) >= 11 is 1.23. The first-order valence-corrected chi connectivity index (χ1v) is 10.9. The van der Waals surface area contributed by atoms with Crippen molar-refractivity contribution in [3.05, 3.63) is 65.0 Å². The summed E-state index contributed by atoms with van der Waals surface area (Å²) in [5, 5.41) is 11.6. The van der Waals surface area contributed by atoms with Crippen LogP contribution in [0.15, 0.2) is 47.6 Å². The largest absolute Gasteiger partial charge is 0.486 e. The van der Waals surface area contributed by atoms with Crippen LogP contribution >= 0.6 is 11.8 Å². The average Bonchev–Trinajstić information content (AvgIpc) is 3.15. The fourth-order valence-electron chi connectivity index (χ4n) is 2.91. The molecule has 0 unspecified atom stereocenters. The molecule has 0 bridgehead atoms. The molecule has 0 radical (unpaired) electrons. The molecule has 170 valence electrons. The summed E-state index contributed by atoms with van der Waals surface area (Å²) in [6, 6.07) is 10.4. The van der Waals surface area contributed by atoms with Gasteiger partial charge in [0.15, 0.2) is 11.0 Å². The van der Waals surface area contributed by atoms with E-state index >= 15 is 0 Å². The summed E-state index contributed by atoms with van der Waals surface area (Å²) < 4.78 is 45.8. The van der Waals surface area contributed by atoms with Crippen LogP contribution in [0.4, 0.5) is 18.9 Å². The number of benzene rings is 2. The molecular weight excluding hydrogens is 441 g/mol. The van der Waals surface area contributed by atoms with Crippen LogP contribution in [0.2, 0.25) is 0 Å². The van der Waals surface area contributed by atoms with Crippen molar-refractivity contribution in [2.24, 2.45) is 0 Å². The van der Waals surface area contributed by atoms with Crippen molar-refractivity contribution in [3.8, 4) is 5.75 Å². The van der Waals surface area contributed by atoms with Gasteiger partial charge in [-0.1, -0.05) is 23.9 Å². The van der Waals surface area contributed by atoms with Gasteiger partial charge in [0.2, 0.25) is 5.91 Å². The number of rotatable bonds is 8. The standard InChI is InChI=1S/C22H23F3N4O2S/c1-4-29-19(12-31-18-7-5-6-16(11-18)22(23,24)25)27-28-21(29)32-13-20(30)26-17-9-8-14(2)15(3)10-17/h5-11H,4,12-13H2,1-3H3,(H,26,30). The minimum absolute atomic E-state index is 0.0441. The molecule has 3 aromatic rings. The van der Waals surface area contributed by atoms with E-state index in [1.54, 1.807) is 4.57 Å². The van der Waals surface area contributed by atoms with Crippen molar-refractivity contribution < 1.29 is 22.7 Å². The first-order chi connectivity index (χ1) is 15.2. The number of aromatic nitrogens is 3. The zero-order valence-electron chi connectivity index (χ0n) is 17.9. The maximum Gasteiger partial charge on any atom is 0.416 e. The number of hydrogen-bond donors (Lipinski definition) is 1. The minimum Gasteiger partial charge on any atom is -0.486 e. The zero-order valence-corrected chi connectivity index (χ0v) is 18.7. The number of alkyl halides is 3. The number of hydrogen-bond acceptors (Lipinski definition) is 5. The molecule has 0 spiro atoms. The molecule has 1 heterocycles. The van der Waals surface area contributed by atoms with Crippen molar-refractivity contribution in [1.29, 1.82) is 0 Å². The van der Waals surface area contributed by atoms with Crippen LogP contribution in [0.1, 0.15) is 29.4 Å². The van der Waals surface area contributed by atoms with Gasteiger partial charge in [0.05, 0.1) is 11.3 Å². The summed E-state index contributed by atoms with van der Waals surface area (Å²) in [5.74, 6) is 0.514. The lowest BCUT2D eigenvalue weighted by Gasteiger charge is -2.11. The molecule has 1 N–H and O–H groups in total. The molecular formula is C22H23F3N4O2S. The molecule has 2 aromatic carbocycles. The quantitative estimate of drug-likeness (QED) is 0.462. The number of anilines is 1. The predicted molar refractivity (Wildman–Crippen MR) is 117 cm³/mol. The van der Waals surface area contributed by atoms with Crippen LogP contribution < -0.4 is 10.1 Å². The molecule has 6 nitrogen and oxygen atoms in total. The normalized spacial score (nSPS) is 11.4. The molecule has 0 aliphatic heterocycles. The molecule has 0 aliphatic rings. The Morgan fingerprint density at radius 2 is 1.91 bits per heavy atom. The monoisotopic (exact) mass is 464 g/mol. The van der Waals surface area contributed by atoms with Crippen molar-refractivity contribution in [1.82, 2.24) is 14.8 Å². The number of nitrogens with one attached hydrogen (secondary N) is 1. The number of carbonyl (C=O) groups excluding carboxylic acids is 1. The Bertz CT molecular complexity index is 1100. The molecule has 10 heteroatoms. The minimum atomic E-state index is -4.44. The topological polar surface area (TPSA) is 69.0 Å². The molecule has 0 aliphatic carbocycles. The lowest BCUT2D eigenvalue weighted by atomic mass is 10.1. The van der Waals surface area contributed by atoms with Gasteiger partial charge >= 0.3 is 6.18 Å². The van der Waals surface area contributed by atoms with Crippen molar-refractivity contribution in [2.45, 2.75) is 45.3 Å². The summed E-state index contributed by atoms with van der Waals surface area (Å²) in [7, 11) is 0. The van der Waals surface area contributed by atoms with Crippen LogP contribution in [0.3, 0.4) is 0 Å². The Morgan fingerprint density at radius 3 is 2.59 bits per heavy atom. The van der Waals surface area contributed by atoms with Crippen LogP contribution in [-0.2, 0) is 24.1 Å². The van der Waals surface area contributed by atoms with Gasteiger partial charge in [0, 0.05) is 12.2 Å². The van der Waals surface area contributed by atoms with E-state index in [9.17, 15) is 18.0 Å². The van der Waals surface area contributed by atoms with Crippen LogP contribution in [-0.4, -0.2) is 26.4 Å². The van der Waals surface area contributed by atoms with Gasteiger partial charge < -0.3 is 14.6 Å². The molecule has 1 aromatic heterocycles. The van der Waals surface area contributed by atoms with Gasteiger partial charge in [-0.05, 0) is 62.2 Å². The van der Waals surface area contributed by atoms with Gasteiger partial charge in [-0.15, -0.1) is 10.2 Å². The van der Waals surface area contributed by atoms with Gasteiger partial charge in [-0.2, -0.15) is 13.2 Å². The van der Waals surface area contributed by atoms with Crippen LogP contribution in [0, 0.1) is 13.8 Å². The molecule has 0 fully saturated rings. The smallest absolute Gasteiger partial charge is 0.416 e. The van der Waals surface area contributed by atoms with Crippen LogP contribution in [0.25, 0.3) is 0 Å². The SMILES string of the molecule is CCn1c(COc2cccc(C(F)(F)F)c2)nnc1SCC(=O)Nc1ccc(C)c(C)c1. The maximum atomic E-state index is 12.9. The lowest BCUT2D eigenvalue weighted by Crippen LogP contribution is -2.15. The third kappa shape index (κ3) is 6.03. The molecule has 32 heavy (non-hydrogen) atoms. The summed E-state index contributed by atoms with van der Waals surface area (Å²) in [6.45, 7) is 6.35. The highest BCUT2D eigenvalue weighted by Gasteiger charge is 2.30. The Morgan fingerprint density at radius 1 is 1.12 bits per heavy atom. The van der Waals surface area contributed by atoms with E-state index in [-0.39, 0.29) is 24.0 Å². The van der Waals surface area contributed by atoms with Gasteiger partial charge in [-0.3, -0.25) is 4.79 Å². The Hall–Kier alpha value is -3.01. The molecule has 0 saturated heterocycles. The van der Waals surface area contributed by atoms with E-state index in [0.29, 0.717) is 17.5 Å². The number of nitrogens with zero attached hydrogens (tertiary/aromatic N) is 3. The van der Waals surface area contributed by atoms with Crippen LogP contribution in [0.5, 0.6) is 5.75 Å². The summed E-state index contributed by atoms with van der Waals surface area (Å²) in [6.07, 6.45) is -4.44. The van der Waals surface area contributed by atoms with E-state index in [1.807, 2.05) is 39.0 Å². The second kappa shape index (κ2) is 10.1. The number of aryl methyl sites for hydroxylation is 2. The molecule has 3 rings (SSSR count). The third-order valence-electron chi connectivity index (χ3n) is 4.76. The van der Waals surface area contributed by atoms with Crippen molar-refractivity contribution >= 4 is 23.4 Å². The maximum absolute atomic E-state index is 12.9. The second-order valence-electron chi connectivity index (χ2n) is 7.09. The highest BCUT2D eigenvalue weighted by atomic mass is 32.2. The average molecular weight is 465 g/mol. The number of amides is 1. The Labute approximate surface area is 188 Å². The number of halogens is 3. The first kappa shape index (κ1) is 23.6. The first-order valence-electron chi connectivity index (χ1n) is 9.89. The third-order valence-corrected chi connectivity index (χ3v) is 5.73. The lowest BCUT2D eigenvalue weighted by molar-refractivity contribution is -0.137. The highest BCUT2D eigenvalue weighted by molar-refractivity contribution is 7.99. The van der Waals surface area contributed by atoms with E-state index in [4.69, 9.17) is 4.74 Å². The van der Waals surface area contributed by atoms with E-state index in [0.717, 1.165) is 28.9 Å². The fourth-order valence-corrected chi connectivity index (χ4v) is 3.73. The number of ether oxygens (including phenoxy) is 1. The van der Waals surface area contributed by atoms with E-state index < -0.39 is 11.7 Å². The number of carbonyl (C=O) groups is 1. The second-order valence-corrected chi connectivity index (χ2v) is 8.04. The van der Waals surface area contributed by atoms with Gasteiger partial charge in [0.25, 0.3) is 0 Å². The highest BCUT2D eigenvalue weighted by Crippen LogP contribution is 2.31. The fraction of sp³-hybridized carbons (Fsp3) is 0.318. The predicted octanol–water partition coefficient (Wildman–Crippen LogP) is 5.24.